The summed E-state index contributed by atoms with van der Waals surface area (Å²) in [5.41, 5.74) is 1.68. The molecule has 0 aliphatic carbocycles. The summed E-state index contributed by atoms with van der Waals surface area (Å²) in [4.78, 5) is 11.5. The van der Waals surface area contributed by atoms with Crippen molar-refractivity contribution in [1.82, 2.24) is 0 Å². The van der Waals surface area contributed by atoms with E-state index >= 15 is 0 Å². The number of nitrogens with one attached hydrogen (secondary N) is 1. The van der Waals surface area contributed by atoms with E-state index in [2.05, 4.69) is 5.32 Å². The maximum Gasteiger partial charge on any atom is 0.226 e. The van der Waals surface area contributed by atoms with Crippen LogP contribution in [-0.2, 0) is 4.79 Å². The molecule has 0 aliphatic heterocycles. The number of anilines is 1. The molecular weight excluding hydrogens is 216 g/mol. The van der Waals surface area contributed by atoms with E-state index in [0.29, 0.717) is 5.75 Å². The fraction of sp³-hybridized carbons (Fsp3) is 0.385. The molecule has 0 atom stereocenters. The number of nitriles is 1. The van der Waals surface area contributed by atoms with Crippen molar-refractivity contribution in [2.75, 3.05) is 11.9 Å². The van der Waals surface area contributed by atoms with E-state index in [9.17, 15) is 4.79 Å². The van der Waals surface area contributed by atoms with Crippen LogP contribution in [0.25, 0.3) is 0 Å². The summed E-state index contributed by atoms with van der Waals surface area (Å²) in [6.07, 6.45) is 0. The highest BCUT2D eigenvalue weighted by molar-refractivity contribution is 5.92. The van der Waals surface area contributed by atoms with Crippen molar-refractivity contribution < 1.29 is 9.53 Å². The van der Waals surface area contributed by atoms with E-state index in [1.807, 2.05) is 26.8 Å². The highest BCUT2D eigenvalue weighted by atomic mass is 16.5. The van der Waals surface area contributed by atoms with Gasteiger partial charge in [-0.2, -0.15) is 5.26 Å². The normalized spacial score (nSPS) is 9.82. The third-order valence-corrected chi connectivity index (χ3v) is 2.28. The second kappa shape index (κ2) is 5.90. The van der Waals surface area contributed by atoms with Crippen molar-refractivity contribution in [3.63, 3.8) is 0 Å². The molecule has 0 saturated carbocycles. The van der Waals surface area contributed by atoms with Crippen molar-refractivity contribution in [2.45, 2.75) is 20.8 Å². The first kappa shape index (κ1) is 13.0. The number of hydrogen-bond acceptors (Lipinski definition) is 3. The van der Waals surface area contributed by atoms with Crippen molar-refractivity contribution in [1.29, 1.82) is 5.26 Å². The standard InChI is InChI=1S/C13H16N2O2/c1-9(2)13(16)15-12-5-4-11(8-10(12)3)17-7-6-14/h4-5,8-9H,7H2,1-3H3,(H,15,16). The molecule has 0 bridgehead atoms. The Morgan fingerprint density at radius 3 is 2.76 bits per heavy atom. The van der Waals surface area contributed by atoms with Gasteiger partial charge in [-0.3, -0.25) is 4.79 Å². The summed E-state index contributed by atoms with van der Waals surface area (Å²) in [7, 11) is 0. The van der Waals surface area contributed by atoms with Crippen molar-refractivity contribution in [2.24, 2.45) is 5.92 Å². The zero-order valence-electron chi connectivity index (χ0n) is 10.3. The van der Waals surface area contributed by atoms with Gasteiger partial charge in [-0.05, 0) is 30.7 Å². The first-order valence-electron chi connectivity index (χ1n) is 5.46. The summed E-state index contributed by atoms with van der Waals surface area (Å²) in [5, 5.41) is 11.2. The maximum absolute atomic E-state index is 11.5. The average Bonchev–Trinajstić information content (AvgIpc) is 2.29. The summed E-state index contributed by atoms with van der Waals surface area (Å²) in [6, 6.07) is 7.22. The van der Waals surface area contributed by atoms with Crippen molar-refractivity contribution >= 4 is 11.6 Å². The second-order valence-electron chi connectivity index (χ2n) is 4.07. The molecular formula is C13H16N2O2. The van der Waals surface area contributed by atoms with Crippen molar-refractivity contribution in [3.8, 4) is 11.8 Å². The van der Waals surface area contributed by atoms with Crippen LogP contribution in [0.1, 0.15) is 19.4 Å². The Kier molecular flexibility index (Phi) is 4.53. The predicted octanol–water partition coefficient (Wildman–Crippen LogP) is 2.49. The van der Waals surface area contributed by atoms with Gasteiger partial charge in [-0.1, -0.05) is 13.8 Å². The Morgan fingerprint density at radius 2 is 2.24 bits per heavy atom. The molecule has 17 heavy (non-hydrogen) atoms. The van der Waals surface area contributed by atoms with Gasteiger partial charge in [0.25, 0.3) is 0 Å². The quantitative estimate of drug-likeness (QED) is 0.867. The number of rotatable bonds is 4. The first-order valence-corrected chi connectivity index (χ1v) is 5.46. The molecule has 1 rings (SSSR count). The minimum atomic E-state index is -0.0519. The van der Waals surface area contributed by atoms with Gasteiger partial charge >= 0.3 is 0 Å². The molecule has 4 heteroatoms. The number of benzene rings is 1. The molecule has 0 unspecified atom stereocenters. The summed E-state index contributed by atoms with van der Waals surface area (Å²) < 4.78 is 5.17. The van der Waals surface area contributed by atoms with Gasteiger partial charge in [0.05, 0.1) is 0 Å². The molecule has 1 aromatic carbocycles. The Hall–Kier alpha value is -2.02. The van der Waals surface area contributed by atoms with Crippen LogP contribution in [-0.4, -0.2) is 12.5 Å². The van der Waals surface area contributed by atoms with Crippen LogP contribution in [0.4, 0.5) is 5.69 Å². The van der Waals surface area contributed by atoms with Crippen LogP contribution in [0, 0.1) is 24.2 Å². The van der Waals surface area contributed by atoms with E-state index in [0.717, 1.165) is 11.3 Å². The average molecular weight is 232 g/mol. The molecule has 0 heterocycles. The summed E-state index contributed by atoms with van der Waals surface area (Å²) in [6.45, 7) is 5.59. The largest absolute Gasteiger partial charge is 0.479 e. The minimum Gasteiger partial charge on any atom is -0.479 e. The van der Waals surface area contributed by atoms with Gasteiger partial charge in [0.15, 0.2) is 6.61 Å². The number of amides is 1. The van der Waals surface area contributed by atoms with E-state index in [4.69, 9.17) is 10.00 Å². The Balaban J connectivity index is 2.76. The topological polar surface area (TPSA) is 62.1 Å². The highest BCUT2D eigenvalue weighted by Gasteiger charge is 2.09. The molecule has 0 radical (unpaired) electrons. The Labute approximate surface area is 101 Å². The molecule has 4 nitrogen and oxygen atoms in total. The highest BCUT2D eigenvalue weighted by Crippen LogP contribution is 2.21. The van der Waals surface area contributed by atoms with Crippen LogP contribution in [0.5, 0.6) is 5.75 Å². The smallest absolute Gasteiger partial charge is 0.226 e. The van der Waals surface area contributed by atoms with Crippen LogP contribution < -0.4 is 10.1 Å². The van der Waals surface area contributed by atoms with Gasteiger partial charge in [0, 0.05) is 11.6 Å². The van der Waals surface area contributed by atoms with Gasteiger partial charge in [0.1, 0.15) is 11.8 Å². The van der Waals surface area contributed by atoms with E-state index < -0.39 is 0 Å². The fourth-order valence-corrected chi connectivity index (χ4v) is 1.26. The lowest BCUT2D eigenvalue weighted by molar-refractivity contribution is -0.118. The minimum absolute atomic E-state index is 0.0150. The zero-order valence-corrected chi connectivity index (χ0v) is 10.3. The molecule has 0 fully saturated rings. The number of hydrogen-bond donors (Lipinski definition) is 1. The molecule has 1 N–H and O–H groups in total. The predicted molar refractivity (Wildman–Crippen MR) is 65.8 cm³/mol. The molecule has 0 aromatic heterocycles. The lowest BCUT2D eigenvalue weighted by atomic mass is 10.1. The SMILES string of the molecule is Cc1cc(OCC#N)ccc1NC(=O)C(C)C. The lowest BCUT2D eigenvalue weighted by Crippen LogP contribution is -2.18. The van der Waals surface area contributed by atoms with Crippen LogP contribution in [0.15, 0.2) is 18.2 Å². The monoisotopic (exact) mass is 232 g/mol. The number of carbonyl (C=O) groups excluding carboxylic acids is 1. The number of ether oxygens (including phenoxy) is 1. The first-order chi connectivity index (χ1) is 8.04. The molecule has 0 saturated heterocycles. The van der Waals surface area contributed by atoms with Gasteiger partial charge in [-0.15, -0.1) is 0 Å². The van der Waals surface area contributed by atoms with Crippen LogP contribution in [0.2, 0.25) is 0 Å². The van der Waals surface area contributed by atoms with E-state index in [-0.39, 0.29) is 18.4 Å². The van der Waals surface area contributed by atoms with Gasteiger partial charge < -0.3 is 10.1 Å². The maximum atomic E-state index is 11.5. The summed E-state index contributed by atoms with van der Waals surface area (Å²) >= 11 is 0. The van der Waals surface area contributed by atoms with Gasteiger partial charge in [-0.25, -0.2) is 0 Å². The lowest BCUT2D eigenvalue weighted by Gasteiger charge is -2.11. The van der Waals surface area contributed by atoms with E-state index in [1.54, 1.807) is 18.2 Å². The molecule has 0 spiro atoms. The van der Waals surface area contributed by atoms with Crippen molar-refractivity contribution in [3.05, 3.63) is 23.8 Å². The number of aryl methyl sites for hydroxylation is 1. The van der Waals surface area contributed by atoms with Crippen LogP contribution >= 0.6 is 0 Å². The van der Waals surface area contributed by atoms with Crippen LogP contribution in [0.3, 0.4) is 0 Å². The van der Waals surface area contributed by atoms with E-state index in [1.165, 1.54) is 0 Å². The third kappa shape index (κ3) is 3.80. The molecule has 90 valence electrons. The Bertz CT molecular complexity index is 447. The fourth-order valence-electron chi connectivity index (χ4n) is 1.26. The number of nitrogens with zero attached hydrogens (tertiary/aromatic N) is 1. The molecule has 1 aromatic rings. The summed E-state index contributed by atoms with van der Waals surface area (Å²) in [5.74, 6) is 0.564. The Morgan fingerprint density at radius 1 is 1.53 bits per heavy atom. The molecule has 1 amide bonds. The third-order valence-electron chi connectivity index (χ3n) is 2.28. The molecule has 0 aliphatic rings. The number of carbonyl (C=O) groups is 1. The zero-order chi connectivity index (χ0) is 12.8. The van der Waals surface area contributed by atoms with Gasteiger partial charge in [0.2, 0.25) is 5.91 Å². The second-order valence-corrected chi connectivity index (χ2v) is 4.07.